The van der Waals surface area contributed by atoms with Crippen LogP contribution in [0.2, 0.25) is 0 Å². The Morgan fingerprint density at radius 1 is 1.03 bits per heavy atom. The summed E-state index contributed by atoms with van der Waals surface area (Å²) in [5, 5.41) is 0.721. The van der Waals surface area contributed by atoms with Gasteiger partial charge in [0.15, 0.2) is 0 Å². The Labute approximate surface area is 186 Å². The SMILES string of the molecule is C=N[C@@]12CCC3C4CC[C@@H](Sc5ccccc5)[C@@]4(C)CCC3[C@@]1(C)CCC(=O)N2C. The molecule has 0 radical (unpaired) electrons. The van der Waals surface area contributed by atoms with Crippen LogP contribution < -0.4 is 0 Å². The van der Waals surface area contributed by atoms with E-state index in [1.54, 1.807) is 0 Å². The van der Waals surface area contributed by atoms with Gasteiger partial charge in [-0.05, 0) is 87.0 Å². The molecular weight excluding hydrogens is 388 g/mol. The number of piperidine rings is 1. The number of nitrogens with zero attached hydrogens (tertiary/aromatic N) is 2. The molecule has 3 unspecified atom stereocenters. The Bertz CT molecular complexity index is 843. The van der Waals surface area contributed by atoms with Crippen molar-refractivity contribution in [1.29, 1.82) is 0 Å². The average Bonchev–Trinajstić information content (AvgIpc) is 3.08. The fourth-order valence-corrected chi connectivity index (χ4v) is 9.74. The van der Waals surface area contributed by atoms with E-state index in [-0.39, 0.29) is 11.3 Å². The van der Waals surface area contributed by atoms with Crippen molar-refractivity contribution in [3.8, 4) is 0 Å². The van der Waals surface area contributed by atoms with Crippen LogP contribution in [0.25, 0.3) is 0 Å². The second kappa shape index (κ2) is 7.12. The number of aliphatic imine (C=N–C) groups is 1. The van der Waals surface area contributed by atoms with Crippen LogP contribution >= 0.6 is 11.8 Å². The molecule has 0 aromatic heterocycles. The lowest BCUT2D eigenvalue weighted by atomic mass is 9.45. The van der Waals surface area contributed by atoms with Crippen molar-refractivity contribution in [3.05, 3.63) is 30.3 Å². The molecule has 4 heteroatoms. The van der Waals surface area contributed by atoms with Crippen molar-refractivity contribution < 1.29 is 4.79 Å². The maximum absolute atomic E-state index is 12.6. The van der Waals surface area contributed by atoms with Crippen molar-refractivity contribution >= 4 is 24.4 Å². The Morgan fingerprint density at radius 2 is 1.80 bits per heavy atom. The molecule has 4 aliphatic rings. The van der Waals surface area contributed by atoms with E-state index in [9.17, 15) is 4.79 Å². The van der Waals surface area contributed by atoms with E-state index in [1.165, 1.54) is 37.0 Å². The van der Waals surface area contributed by atoms with Gasteiger partial charge in [-0.15, -0.1) is 11.8 Å². The number of carbonyl (C=O) groups excluding carboxylic acids is 1. The summed E-state index contributed by atoms with van der Waals surface area (Å²) in [5.41, 5.74) is 0.0936. The Hall–Kier alpha value is -1.29. The summed E-state index contributed by atoms with van der Waals surface area (Å²) in [7, 11) is 1.98. The zero-order valence-corrected chi connectivity index (χ0v) is 19.6. The number of fused-ring (bicyclic) bond motifs is 5. The van der Waals surface area contributed by atoms with Gasteiger partial charge in [0.25, 0.3) is 0 Å². The molecule has 1 amide bonds. The summed E-state index contributed by atoms with van der Waals surface area (Å²) in [6.45, 7) is 9.05. The maximum Gasteiger partial charge on any atom is 0.224 e. The average molecular weight is 425 g/mol. The van der Waals surface area contributed by atoms with Crippen molar-refractivity contribution in [3.63, 3.8) is 0 Å². The third-order valence-electron chi connectivity index (χ3n) is 9.98. The van der Waals surface area contributed by atoms with Crippen molar-refractivity contribution in [2.24, 2.45) is 33.6 Å². The highest BCUT2D eigenvalue weighted by Crippen LogP contribution is 2.69. The minimum atomic E-state index is -0.395. The van der Waals surface area contributed by atoms with Gasteiger partial charge >= 0.3 is 0 Å². The summed E-state index contributed by atoms with van der Waals surface area (Å²) in [4.78, 5) is 20.7. The monoisotopic (exact) mass is 424 g/mol. The molecule has 30 heavy (non-hydrogen) atoms. The number of hydrogen-bond donors (Lipinski definition) is 0. The second-order valence-electron chi connectivity index (χ2n) is 10.8. The van der Waals surface area contributed by atoms with E-state index in [1.807, 2.05) is 11.9 Å². The minimum Gasteiger partial charge on any atom is -0.321 e. The second-order valence-corrected chi connectivity index (χ2v) is 12.1. The lowest BCUT2D eigenvalue weighted by molar-refractivity contribution is -0.181. The van der Waals surface area contributed by atoms with Crippen LogP contribution in [0.4, 0.5) is 0 Å². The molecular formula is C26H36N2OS. The van der Waals surface area contributed by atoms with E-state index < -0.39 is 5.66 Å². The molecule has 0 spiro atoms. The number of amides is 1. The molecule has 3 aliphatic carbocycles. The summed E-state index contributed by atoms with van der Waals surface area (Å²) >= 11 is 2.12. The van der Waals surface area contributed by atoms with E-state index in [4.69, 9.17) is 4.99 Å². The molecule has 3 nitrogen and oxygen atoms in total. The van der Waals surface area contributed by atoms with Crippen molar-refractivity contribution in [2.45, 2.75) is 81.0 Å². The normalized spacial score (nSPS) is 45.4. The predicted molar refractivity (Wildman–Crippen MR) is 125 cm³/mol. The first-order valence-electron chi connectivity index (χ1n) is 11.8. The van der Waals surface area contributed by atoms with Gasteiger partial charge in [0.1, 0.15) is 5.66 Å². The van der Waals surface area contributed by atoms with Crippen LogP contribution in [0.5, 0.6) is 0 Å². The van der Waals surface area contributed by atoms with Gasteiger partial charge in [0, 0.05) is 29.0 Å². The summed E-state index contributed by atoms with van der Waals surface area (Å²) in [6.07, 6.45) is 9.11. The number of thioether (sulfide) groups is 1. The molecule has 0 N–H and O–H groups in total. The van der Waals surface area contributed by atoms with E-state index in [0.717, 1.165) is 29.9 Å². The third kappa shape index (κ3) is 2.64. The Balaban J connectivity index is 1.43. The van der Waals surface area contributed by atoms with Gasteiger partial charge in [0.2, 0.25) is 5.91 Å². The summed E-state index contributed by atoms with van der Waals surface area (Å²) in [5.74, 6) is 2.48. The van der Waals surface area contributed by atoms with Crippen molar-refractivity contribution in [1.82, 2.24) is 4.90 Å². The smallest absolute Gasteiger partial charge is 0.224 e. The number of hydrogen-bond acceptors (Lipinski definition) is 3. The van der Waals surface area contributed by atoms with Crippen LogP contribution in [-0.4, -0.2) is 35.5 Å². The summed E-state index contributed by atoms with van der Waals surface area (Å²) < 4.78 is 0. The Kier molecular flexibility index (Phi) is 4.89. The lowest BCUT2D eigenvalue weighted by Crippen LogP contribution is -2.68. The van der Waals surface area contributed by atoms with Crippen LogP contribution in [-0.2, 0) is 4.79 Å². The highest BCUT2D eigenvalue weighted by Gasteiger charge is 2.66. The fourth-order valence-electron chi connectivity index (χ4n) is 8.28. The van der Waals surface area contributed by atoms with Gasteiger partial charge in [-0.3, -0.25) is 9.79 Å². The molecule has 4 fully saturated rings. The number of benzene rings is 1. The first-order valence-corrected chi connectivity index (χ1v) is 12.7. The molecule has 1 aromatic carbocycles. The van der Waals surface area contributed by atoms with Crippen molar-refractivity contribution in [2.75, 3.05) is 7.05 Å². The highest BCUT2D eigenvalue weighted by atomic mass is 32.2. The van der Waals surface area contributed by atoms with Gasteiger partial charge in [-0.1, -0.05) is 32.0 Å². The van der Waals surface area contributed by atoms with Crippen LogP contribution in [0, 0.1) is 28.6 Å². The highest BCUT2D eigenvalue weighted by molar-refractivity contribution is 8.00. The zero-order valence-electron chi connectivity index (χ0n) is 18.8. The zero-order chi connectivity index (χ0) is 21.1. The van der Waals surface area contributed by atoms with Gasteiger partial charge in [0.05, 0.1) is 0 Å². The molecule has 1 aliphatic heterocycles. The standard InChI is InChI=1S/C26H36N2OS/c1-24-15-13-21-19(20(24)10-11-22(24)30-18-8-6-5-7-9-18)12-17-26(27-3)25(21,2)16-14-23(29)28(26)4/h5-9,19-22H,3,10-17H2,1-2,4H3/t19?,20?,21?,22-,24+,25-,26-/m1/s1. The number of likely N-dealkylation sites (tertiary alicyclic amines) is 1. The molecule has 3 saturated carbocycles. The van der Waals surface area contributed by atoms with E-state index >= 15 is 0 Å². The lowest BCUT2D eigenvalue weighted by Gasteiger charge is -2.65. The molecule has 1 aromatic rings. The molecule has 0 bridgehead atoms. The number of carbonyl (C=O) groups is 1. The molecule has 162 valence electrons. The largest absolute Gasteiger partial charge is 0.321 e. The molecule has 1 heterocycles. The van der Waals surface area contributed by atoms with Crippen LogP contribution in [0.3, 0.4) is 0 Å². The molecule has 5 rings (SSSR count). The molecule has 1 saturated heterocycles. The van der Waals surface area contributed by atoms with Crippen LogP contribution in [0.1, 0.15) is 65.2 Å². The fraction of sp³-hybridized carbons (Fsp3) is 0.692. The first-order chi connectivity index (χ1) is 14.4. The topological polar surface area (TPSA) is 32.7 Å². The minimum absolute atomic E-state index is 0.0618. The van der Waals surface area contributed by atoms with Gasteiger partial charge in [-0.2, -0.15) is 0 Å². The van der Waals surface area contributed by atoms with Crippen LogP contribution in [0.15, 0.2) is 40.2 Å². The van der Waals surface area contributed by atoms with Gasteiger partial charge in [-0.25, -0.2) is 0 Å². The van der Waals surface area contributed by atoms with E-state index in [0.29, 0.717) is 17.8 Å². The predicted octanol–water partition coefficient (Wildman–Crippen LogP) is 6.04. The number of rotatable bonds is 3. The van der Waals surface area contributed by atoms with Gasteiger partial charge < -0.3 is 4.90 Å². The third-order valence-corrected chi connectivity index (χ3v) is 11.6. The summed E-state index contributed by atoms with van der Waals surface area (Å²) in [6, 6.07) is 11.0. The Morgan fingerprint density at radius 3 is 2.53 bits per heavy atom. The maximum atomic E-state index is 12.6. The molecule has 7 atom stereocenters. The van der Waals surface area contributed by atoms with E-state index in [2.05, 4.69) is 62.7 Å². The first kappa shape index (κ1) is 20.6. The quantitative estimate of drug-likeness (QED) is 0.554.